The number of β-amino-alcohol motifs (C(OH)–C–C–N with tert-alkyl or cyclic N) is 1. The molecule has 126 valence electrons. The highest BCUT2D eigenvalue weighted by Crippen LogP contribution is 2.20. The molecule has 8 heteroatoms. The van der Waals surface area contributed by atoms with Crippen LogP contribution in [0.2, 0.25) is 0 Å². The van der Waals surface area contributed by atoms with Crippen LogP contribution >= 0.6 is 0 Å². The van der Waals surface area contributed by atoms with Crippen molar-refractivity contribution in [2.24, 2.45) is 5.92 Å². The van der Waals surface area contributed by atoms with Crippen LogP contribution in [0.15, 0.2) is 12.4 Å². The second-order valence-corrected chi connectivity index (χ2v) is 6.07. The number of carbonyl (C=O) groups excluding carboxylic acids is 1. The third kappa shape index (κ3) is 3.89. The van der Waals surface area contributed by atoms with Crippen LogP contribution < -0.4 is 10.6 Å². The van der Waals surface area contributed by atoms with Gasteiger partial charge in [0.1, 0.15) is 18.0 Å². The fraction of sp³-hybridized carbons (Fsp3) is 0.667. The van der Waals surface area contributed by atoms with Crippen molar-refractivity contribution in [3.05, 3.63) is 12.4 Å². The molecule has 3 heterocycles. The molecule has 0 bridgehead atoms. The van der Waals surface area contributed by atoms with E-state index in [1.54, 1.807) is 11.0 Å². The van der Waals surface area contributed by atoms with Gasteiger partial charge < -0.3 is 25.4 Å². The van der Waals surface area contributed by atoms with Gasteiger partial charge in [0.25, 0.3) is 0 Å². The van der Waals surface area contributed by atoms with Crippen LogP contribution in [-0.2, 0) is 9.53 Å². The molecule has 0 unspecified atom stereocenters. The number of rotatable bonds is 2. The first-order chi connectivity index (χ1) is 11.1. The molecule has 3 rings (SSSR count). The molecule has 3 N–H and O–H groups in total. The van der Waals surface area contributed by atoms with Gasteiger partial charge in [-0.1, -0.05) is 0 Å². The zero-order valence-electron chi connectivity index (χ0n) is 13.1. The van der Waals surface area contributed by atoms with Crippen molar-refractivity contribution < 1.29 is 14.6 Å². The van der Waals surface area contributed by atoms with Crippen LogP contribution in [0.1, 0.15) is 12.8 Å². The summed E-state index contributed by atoms with van der Waals surface area (Å²) in [6, 6.07) is 1.68. The lowest BCUT2D eigenvalue weighted by atomic mass is 9.98. The van der Waals surface area contributed by atoms with E-state index in [-0.39, 0.29) is 11.8 Å². The molecular formula is C15H23N5O3. The van der Waals surface area contributed by atoms with Crippen molar-refractivity contribution in [1.29, 1.82) is 0 Å². The first-order valence-electron chi connectivity index (χ1n) is 8.00. The van der Waals surface area contributed by atoms with Crippen LogP contribution in [-0.4, -0.2) is 71.4 Å². The predicted octanol–water partition coefficient (Wildman–Crippen LogP) is -0.505. The molecule has 2 aliphatic rings. The van der Waals surface area contributed by atoms with E-state index in [9.17, 15) is 9.90 Å². The Morgan fingerprint density at radius 2 is 2.04 bits per heavy atom. The number of ether oxygens (including phenoxy) is 1. The van der Waals surface area contributed by atoms with Gasteiger partial charge in [-0.15, -0.1) is 0 Å². The number of aliphatic hydroxyl groups is 1. The van der Waals surface area contributed by atoms with E-state index in [1.807, 2.05) is 4.90 Å². The average Bonchev–Trinajstić information content (AvgIpc) is 2.77. The lowest BCUT2D eigenvalue weighted by Crippen LogP contribution is -2.42. The molecule has 0 aromatic carbocycles. The van der Waals surface area contributed by atoms with Gasteiger partial charge in [-0.25, -0.2) is 9.97 Å². The Hall–Kier alpha value is -1.93. The van der Waals surface area contributed by atoms with Gasteiger partial charge in [0.2, 0.25) is 5.91 Å². The smallest absolute Gasteiger partial charge is 0.226 e. The largest absolute Gasteiger partial charge is 0.389 e. The monoisotopic (exact) mass is 321 g/mol. The first-order valence-corrected chi connectivity index (χ1v) is 8.00. The molecule has 1 atom stereocenters. The van der Waals surface area contributed by atoms with Gasteiger partial charge in [-0.05, 0) is 12.8 Å². The number of nitrogens with two attached hydrogens (primary N) is 1. The molecule has 2 fully saturated rings. The van der Waals surface area contributed by atoms with Crippen LogP contribution in [0, 0.1) is 5.92 Å². The number of hydrogen-bond acceptors (Lipinski definition) is 7. The number of aromatic nitrogens is 2. The molecule has 1 amide bonds. The Kier molecular flexibility index (Phi) is 4.92. The first kappa shape index (κ1) is 15.9. The molecule has 2 aliphatic heterocycles. The maximum Gasteiger partial charge on any atom is 0.226 e. The molecule has 0 radical (unpaired) electrons. The maximum atomic E-state index is 12.6. The summed E-state index contributed by atoms with van der Waals surface area (Å²) in [6.07, 6.45) is 2.32. The predicted molar refractivity (Wildman–Crippen MR) is 84.8 cm³/mol. The maximum absolute atomic E-state index is 12.6. The second kappa shape index (κ2) is 7.10. The lowest BCUT2D eigenvalue weighted by molar-refractivity contribution is -0.139. The molecule has 8 nitrogen and oxygen atoms in total. The van der Waals surface area contributed by atoms with Gasteiger partial charge in [0.05, 0.1) is 6.10 Å². The number of hydrogen-bond donors (Lipinski definition) is 2. The number of nitrogen functional groups attached to an aromatic ring is 1. The van der Waals surface area contributed by atoms with Gasteiger partial charge >= 0.3 is 0 Å². The van der Waals surface area contributed by atoms with Crippen molar-refractivity contribution in [2.45, 2.75) is 18.9 Å². The number of aliphatic hydroxyl groups excluding tert-OH is 1. The zero-order chi connectivity index (χ0) is 16.2. The minimum Gasteiger partial charge on any atom is -0.389 e. The third-order valence-corrected chi connectivity index (χ3v) is 4.38. The third-order valence-electron chi connectivity index (χ3n) is 4.38. The average molecular weight is 321 g/mol. The standard InChI is InChI=1S/C15H23N5O3/c16-13-7-14(18-10-17-13)19-3-4-20(9-12(21)8-19)15(22)11-1-5-23-6-2-11/h7,10-12,21H,1-6,8-9H2,(H2,16,17,18)/t12-/m1/s1. The summed E-state index contributed by atoms with van der Waals surface area (Å²) in [5, 5.41) is 10.3. The minimum atomic E-state index is -0.613. The minimum absolute atomic E-state index is 0.0113. The molecular weight excluding hydrogens is 298 g/mol. The summed E-state index contributed by atoms with van der Waals surface area (Å²) in [4.78, 5) is 24.4. The number of amides is 1. The van der Waals surface area contributed by atoms with E-state index < -0.39 is 6.10 Å². The van der Waals surface area contributed by atoms with Crippen molar-refractivity contribution in [1.82, 2.24) is 14.9 Å². The molecule has 0 spiro atoms. The van der Waals surface area contributed by atoms with Gasteiger partial charge in [0.15, 0.2) is 0 Å². The van der Waals surface area contributed by atoms with Crippen LogP contribution in [0.3, 0.4) is 0 Å². The van der Waals surface area contributed by atoms with Gasteiger partial charge in [0, 0.05) is 51.4 Å². The van der Waals surface area contributed by atoms with E-state index in [4.69, 9.17) is 10.5 Å². The SMILES string of the molecule is Nc1cc(N2CCN(C(=O)C3CCOCC3)C[C@H](O)C2)ncn1. The fourth-order valence-electron chi connectivity index (χ4n) is 3.14. The molecule has 23 heavy (non-hydrogen) atoms. The molecule has 2 saturated heterocycles. The van der Waals surface area contributed by atoms with Crippen molar-refractivity contribution in [3.63, 3.8) is 0 Å². The number of carbonyl (C=O) groups is 1. The van der Waals surface area contributed by atoms with Crippen molar-refractivity contribution >= 4 is 17.5 Å². The summed E-state index contributed by atoms with van der Waals surface area (Å²) >= 11 is 0. The highest BCUT2D eigenvalue weighted by atomic mass is 16.5. The summed E-state index contributed by atoms with van der Waals surface area (Å²) in [5.74, 6) is 1.20. The second-order valence-electron chi connectivity index (χ2n) is 6.07. The Labute approximate surface area is 135 Å². The molecule has 0 aliphatic carbocycles. The Balaban J connectivity index is 1.66. The zero-order valence-corrected chi connectivity index (χ0v) is 13.1. The summed E-state index contributed by atoms with van der Waals surface area (Å²) in [5.41, 5.74) is 5.70. The van der Waals surface area contributed by atoms with E-state index in [2.05, 4.69) is 9.97 Å². The topological polar surface area (TPSA) is 105 Å². The highest BCUT2D eigenvalue weighted by molar-refractivity contribution is 5.79. The van der Waals surface area contributed by atoms with Crippen LogP contribution in [0.25, 0.3) is 0 Å². The Morgan fingerprint density at radius 3 is 2.78 bits per heavy atom. The van der Waals surface area contributed by atoms with E-state index in [0.717, 1.165) is 12.8 Å². The number of nitrogens with zero attached hydrogens (tertiary/aromatic N) is 4. The van der Waals surface area contributed by atoms with Gasteiger partial charge in [-0.3, -0.25) is 4.79 Å². The molecule has 1 aromatic rings. The van der Waals surface area contributed by atoms with Gasteiger partial charge in [-0.2, -0.15) is 0 Å². The summed E-state index contributed by atoms with van der Waals surface area (Å²) in [6.45, 7) is 3.24. The van der Waals surface area contributed by atoms with E-state index in [1.165, 1.54) is 6.33 Å². The Morgan fingerprint density at radius 1 is 1.26 bits per heavy atom. The number of anilines is 2. The normalized spacial score (nSPS) is 23.6. The summed E-state index contributed by atoms with van der Waals surface area (Å²) in [7, 11) is 0. The van der Waals surface area contributed by atoms with Crippen molar-refractivity contribution in [2.75, 3.05) is 50.0 Å². The van der Waals surface area contributed by atoms with E-state index in [0.29, 0.717) is 51.0 Å². The Bertz CT molecular complexity index is 550. The van der Waals surface area contributed by atoms with Crippen LogP contribution in [0.4, 0.5) is 11.6 Å². The fourth-order valence-corrected chi connectivity index (χ4v) is 3.14. The van der Waals surface area contributed by atoms with E-state index >= 15 is 0 Å². The summed E-state index contributed by atoms with van der Waals surface area (Å²) < 4.78 is 5.31. The van der Waals surface area contributed by atoms with Crippen molar-refractivity contribution in [3.8, 4) is 0 Å². The lowest BCUT2D eigenvalue weighted by Gasteiger charge is -2.29. The quantitative estimate of drug-likeness (QED) is 0.756. The molecule has 1 aromatic heterocycles. The highest BCUT2D eigenvalue weighted by Gasteiger charge is 2.30. The van der Waals surface area contributed by atoms with Crippen LogP contribution in [0.5, 0.6) is 0 Å². The molecule has 0 saturated carbocycles.